The van der Waals surface area contributed by atoms with E-state index in [0.29, 0.717) is 17.1 Å². The van der Waals surface area contributed by atoms with Crippen molar-refractivity contribution >= 4 is 38.9 Å². The number of rotatable bonds is 4. The van der Waals surface area contributed by atoms with E-state index in [1.165, 1.54) is 12.1 Å². The summed E-state index contributed by atoms with van der Waals surface area (Å²) in [6.45, 7) is 0. The van der Waals surface area contributed by atoms with E-state index in [2.05, 4.69) is 37.6 Å². The SMILES string of the molecule is CNc1cc([N+](=O)[O-])cc(Nc2ccc(Br)cc2C#N)n1. The Hall–Kier alpha value is -2.66. The largest absolute Gasteiger partial charge is 0.373 e. The standard InChI is InChI=1S/C13H10BrN5O2/c1-16-12-5-10(19(20)21)6-13(18-12)17-11-3-2-9(14)4-8(11)7-15/h2-6H,1H3,(H2,16,17,18). The molecule has 2 rings (SSSR count). The van der Waals surface area contributed by atoms with E-state index in [-0.39, 0.29) is 11.5 Å². The van der Waals surface area contributed by atoms with Crippen molar-refractivity contribution in [3.63, 3.8) is 0 Å². The van der Waals surface area contributed by atoms with Crippen LogP contribution in [0.15, 0.2) is 34.8 Å². The number of anilines is 3. The Morgan fingerprint density at radius 2 is 2.05 bits per heavy atom. The first-order chi connectivity index (χ1) is 10.0. The summed E-state index contributed by atoms with van der Waals surface area (Å²) in [6, 6.07) is 9.81. The van der Waals surface area contributed by atoms with E-state index in [0.717, 1.165) is 4.47 Å². The summed E-state index contributed by atoms with van der Waals surface area (Å²) in [5.41, 5.74) is 0.840. The second kappa shape index (κ2) is 6.19. The molecule has 0 amide bonds. The van der Waals surface area contributed by atoms with Crippen LogP contribution in [0.2, 0.25) is 0 Å². The van der Waals surface area contributed by atoms with Crippen molar-refractivity contribution in [2.24, 2.45) is 0 Å². The molecule has 0 aliphatic heterocycles. The van der Waals surface area contributed by atoms with Crippen LogP contribution in [-0.4, -0.2) is 17.0 Å². The van der Waals surface area contributed by atoms with Crippen LogP contribution in [0.3, 0.4) is 0 Å². The van der Waals surface area contributed by atoms with Gasteiger partial charge in [0.05, 0.1) is 28.3 Å². The second-order valence-corrected chi connectivity index (χ2v) is 4.95. The van der Waals surface area contributed by atoms with Gasteiger partial charge in [-0.3, -0.25) is 10.1 Å². The fourth-order valence-electron chi connectivity index (χ4n) is 1.67. The number of hydrogen-bond donors (Lipinski definition) is 2. The van der Waals surface area contributed by atoms with Crippen LogP contribution < -0.4 is 10.6 Å². The van der Waals surface area contributed by atoms with Gasteiger partial charge >= 0.3 is 0 Å². The van der Waals surface area contributed by atoms with E-state index in [4.69, 9.17) is 5.26 Å². The van der Waals surface area contributed by atoms with Gasteiger partial charge in [-0.15, -0.1) is 0 Å². The summed E-state index contributed by atoms with van der Waals surface area (Å²) in [5.74, 6) is 0.648. The third-order valence-corrected chi connectivity index (χ3v) is 3.14. The summed E-state index contributed by atoms with van der Waals surface area (Å²) >= 11 is 3.28. The van der Waals surface area contributed by atoms with Gasteiger partial charge in [0.1, 0.15) is 17.7 Å². The van der Waals surface area contributed by atoms with Gasteiger partial charge in [-0.05, 0) is 18.2 Å². The van der Waals surface area contributed by atoms with Crippen LogP contribution in [0.1, 0.15) is 5.56 Å². The van der Waals surface area contributed by atoms with Crippen LogP contribution in [-0.2, 0) is 0 Å². The maximum atomic E-state index is 10.9. The van der Waals surface area contributed by atoms with E-state index in [9.17, 15) is 10.1 Å². The molecular weight excluding hydrogens is 338 g/mol. The number of halogens is 1. The molecule has 0 aliphatic carbocycles. The number of benzene rings is 1. The van der Waals surface area contributed by atoms with Gasteiger partial charge in [-0.1, -0.05) is 15.9 Å². The van der Waals surface area contributed by atoms with E-state index < -0.39 is 4.92 Å². The van der Waals surface area contributed by atoms with Gasteiger partial charge in [-0.2, -0.15) is 5.26 Å². The summed E-state index contributed by atoms with van der Waals surface area (Å²) in [6.07, 6.45) is 0. The minimum Gasteiger partial charge on any atom is -0.373 e. The van der Waals surface area contributed by atoms with Gasteiger partial charge in [0.2, 0.25) is 0 Å². The minimum absolute atomic E-state index is 0.0903. The molecule has 2 aromatic rings. The van der Waals surface area contributed by atoms with E-state index in [1.807, 2.05) is 0 Å². The molecule has 0 atom stereocenters. The first-order valence-corrected chi connectivity index (χ1v) is 6.63. The molecule has 0 radical (unpaired) electrons. The second-order valence-electron chi connectivity index (χ2n) is 4.03. The monoisotopic (exact) mass is 347 g/mol. The first-order valence-electron chi connectivity index (χ1n) is 5.84. The topological polar surface area (TPSA) is 104 Å². The quantitative estimate of drug-likeness (QED) is 0.648. The number of nitrogens with zero attached hydrogens (tertiary/aromatic N) is 3. The van der Waals surface area contributed by atoms with Crippen molar-refractivity contribution < 1.29 is 4.92 Å². The Kier molecular flexibility index (Phi) is 4.35. The smallest absolute Gasteiger partial charge is 0.276 e. The molecule has 2 N–H and O–H groups in total. The number of hydrogen-bond acceptors (Lipinski definition) is 6. The number of pyridine rings is 1. The predicted octanol–water partition coefficient (Wildman–Crippen LogP) is 3.41. The third kappa shape index (κ3) is 3.46. The molecule has 1 aromatic carbocycles. The highest BCUT2D eigenvalue weighted by Crippen LogP contribution is 2.26. The lowest BCUT2D eigenvalue weighted by Crippen LogP contribution is -2.01. The minimum atomic E-state index is -0.500. The lowest BCUT2D eigenvalue weighted by molar-refractivity contribution is -0.384. The zero-order chi connectivity index (χ0) is 15.4. The average Bonchev–Trinajstić information content (AvgIpc) is 2.48. The molecule has 7 nitrogen and oxygen atoms in total. The van der Waals surface area contributed by atoms with Crippen molar-refractivity contribution in [1.82, 2.24) is 4.98 Å². The molecule has 0 fully saturated rings. The van der Waals surface area contributed by atoms with Gasteiger partial charge in [0.25, 0.3) is 5.69 Å². The highest BCUT2D eigenvalue weighted by Gasteiger charge is 2.12. The summed E-state index contributed by atoms with van der Waals surface area (Å²) in [4.78, 5) is 14.6. The molecule has 1 heterocycles. The Morgan fingerprint density at radius 1 is 1.33 bits per heavy atom. The third-order valence-electron chi connectivity index (χ3n) is 2.64. The Labute approximate surface area is 128 Å². The fourth-order valence-corrected chi connectivity index (χ4v) is 2.03. The van der Waals surface area contributed by atoms with Gasteiger partial charge in [0.15, 0.2) is 0 Å². The van der Waals surface area contributed by atoms with Crippen molar-refractivity contribution in [1.29, 1.82) is 5.26 Å². The number of nitro groups is 1. The lowest BCUT2D eigenvalue weighted by atomic mass is 10.2. The maximum absolute atomic E-state index is 10.9. The summed E-state index contributed by atoms with van der Waals surface area (Å²) in [7, 11) is 1.62. The Bertz CT molecular complexity index is 742. The van der Waals surface area contributed by atoms with E-state index in [1.54, 1.807) is 25.2 Å². The molecule has 8 heteroatoms. The van der Waals surface area contributed by atoms with Crippen LogP contribution in [0.25, 0.3) is 0 Å². The number of nitrogens with one attached hydrogen (secondary N) is 2. The number of nitriles is 1. The molecule has 0 unspecified atom stereocenters. The van der Waals surface area contributed by atoms with Crippen molar-refractivity contribution in [3.05, 3.63) is 50.5 Å². The van der Waals surface area contributed by atoms with Crippen LogP contribution in [0, 0.1) is 21.4 Å². The Morgan fingerprint density at radius 3 is 2.67 bits per heavy atom. The predicted molar refractivity (Wildman–Crippen MR) is 82.6 cm³/mol. The summed E-state index contributed by atoms with van der Waals surface area (Å²) in [5, 5.41) is 25.7. The van der Waals surface area contributed by atoms with Gasteiger partial charge in [-0.25, -0.2) is 4.98 Å². The zero-order valence-electron chi connectivity index (χ0n) is 10.9. The molecule has 0 spiro atoms. The van der Waals surface area contributed by atoms with Gasteiger partial charge in [0, 0.05) is 11.5 Å². The number of aromatic nitrogens is 1. The molecule has 0 saturated carbocycles. The van der Waals surface area contributed by atoms with Crippen molar-refractivity contribution in [2.45, 2.75) is 0 Å². The molecular formula is C13H10BrN5O2. The van der Waals surface area contributed by atoms with Gasteiger partial charge < -0.3 is 10.6 Å². The molecule has 21 heavy (non-hydrogen) atoms. The normalized spacial score (nSPS) is 9.76. The Balaban J connectivity index is 2.42. The maximum Gasteiger partial charge on any atom is 0.276 e. The molecule has 106 valence electrons. The zero-order valence-corrected chi connectivity index (χ0v) is 12.5. The average molecular weight is 348 g/mol. The van der Waals surface area contributed by atoms with E-state index >= 15 is 0 Å². The van der Waals surface area contributed by atoms with Crippen LogP contribution in [0.5, 0.6) is 0 Å². The molecule has 0 bridgehead atoms. The van der Waals surface area contributed by atoms with Crippen molar-refractivity contribution in [3.8, 4) is 6.07 Å². The van der Waals surface area contributed by atoms with Crippen molar-refractivity contribution in [2.75, 3.05) is 17.7 Å². The lowest BCUT2D eigenvalue weighted by Gasteiger charge is -2.09. The van der Waals surface area contributed by atoms with Crippen LogP contribution in [0.4, 0.5) is 23.0 Å². The van der Waals surface area contributed by atoms with Crippen LogP contribution >= 0.6 is 15.9 Å². The fraction of sp³-hybridized carbons (Fsp3) is 0.0769. The molecule has 0 saturated heterocycles. The highest BCUT2D eigenvalue weighted by molar-refractivity contribution is 9.10. The molecule has 1 aromatic heterocycles. The summed E-state index contributed by atoms with van der Waals surface area (Å²) < 4.78 is 0.771. The molecule has 0 aliphatic rings. The highest BCUT2D eigenvalue weighted by atomic mass is 79.9. The first kappa shape index (κ1) is 14.7.